The number of anilines is 2. The first-order chi connectivity index (χ1) is 9.10. The first-order valence-electron chi connectivity index (χ1n) is 5.51. The summed E-state index contributed by atoms with van der Waals surface area (Å²) in [5.74, 6) is 0.615. The fourth-order valence-electron chi connectivity index (χ4n) is 1.51. The van der Waals surface area contributed by atoms with Crippen molar-refractivity contribution < 1.29 is 9.53 Å². The summed E-state index contributed by atoms with van der Waals surface area (Å²) in [5.41, 5.74) is 7.59. The van der Waals surface area contributed by atoms with Crippen molar-refractivity contribution in [1.82, 2.24) is 15.2 Å². The summed E-state index contributed by atoms with van der Waals surface area (Å²) in [6.07, 6.45) is 1.54. The molecule has 0 unspecified atom stereocenters. The number of nitrogens with one attached hydrogen (secondary N) is 1. The molecule has 0 bridgehead atoms. The molecule has 0 aliphatic rings. The van der Waals surface area contributed by atoms with E-state index in [1.54, 1.807) is 18.2 Å². The summed E-state index contributed by atoms with van der Waals surface area (Å²) in [4.78, 5) is 15.0. The number of hydrogen-bond donors (Lipinski definition) is 2. The van der Waals surface area contributed by atoms with E-state index in [2.05, 4.69) is 20.5 Å². The first kappa shape index (κ1) is 15.6. The number of pyridine rings is 1. The van der Waals surface area contributed by atoms with Gasteiger partial charge in [0.2, 0.25) is 11.8 Å². The number of amides is 1. The maximum absolute atomic E-state index is 10.9. The van der Waals surface area contributed by atoms with Crippen LogP contribution in [0.2, 0.25) is 0 Å². The number of carbonyl (C=O) groups is 1. The number of hydrogen-bond acceptors (Lipinski definition) is 6. The second-order valence-electron chi connectivity index (χ2n) is 3.80. The lowest BCUT2D eigenvalue weighted by atomic mass is 10.1. The second kappa shape index (κ2) is 6.67. The van der Waals surface area contributed by atoms with Crippen LogP contribution in [0.4, 0.5) is 11.5 Å². The molecule has 1 amide bonds. The molecule has 2 heterocycles. The number of halogens is 1. The van der Waals surface area contributed by atoms with Gasteiger partial charge in [-0.3, -0.25) is 4.79 Å². The van der Waals surface area contributed by atoms with Gasteiger partial charge in [-0.05, 0) is 6.07 Å². The highest BCUT2D eigenvalue weighted by Gasteiger charge is 2.08. The fourth-order valence-corrected chi connectivity index (χ4v) is 1.51. The van der Waals surface area contributed by atoms with Gasteiger partial charge in [0.1, 0.15) is 5.82 Å². The number of methoxy groups -OCH3 is 1. The van der Waals surface area contributed by atoms with Crippen LogP contribution in [0.3, 0.4) is 0 Å². The molecule has 0 aromatic carbocycles. The molecule has 2 rings (SSSR count). The smallest absolute Gasteiger partial charge is 0.233 e. The molecule has 2 aromatic rings. The number of ether oxygens (including phenoxy) is 1. The predicted octanol–water partition coefficient (Wildman–Crippen LogP) is 1.51. The minimum atomic E-state index is -0.205. The van der Waals surface area contributed by atoms with Crippen molar-refractivity contribution >= 4 is 29.8 Å². The lowest BCUT2D eigenvalue weighted by Crippen LogP contribution is -2.08. The van der Waals surface area contributed by atoms with Gasteiger partial charge >= 0.3 is 0 Å². The Morgan fingerprint density at radius 1 is 1.35 bits per heavy atom. The Hall–Kier alpha value is -2.41. The molecule has 0 aliphatic carbocycles. The van der Waals surface area contributed by atoms with E-state index in [1.807, 2.05) is 0 Å². The second-order valence-corrected chi connectivity index (χ2v) is 3.80. The number of rotatable bonds is 3. The van der Waals surface area contributed by atoms with Gasteiger partial charge in [0.15, 0.2) is 0 Å². The molecular formula is C12H14ClN5O2. The first-order valence-corrected chi connectivity index (χ1v) is 5.51. The molecule has 0 spiro atoms. The van der Waals surface area contributed by atoms with E-state index in [1.165, 1.54) is 20.2 Å². The van der Waals surface area contributed by atoms with Crippen LogP contribution < -0.4 is 15.8 Å². The van der Waals surface area contributed by atoms with Crippen molar-refractivity contribution in [2.75, 3.05) is 18.2 Å². The monoisotopic (exact) mass is 295 g/mol. The highest BCUT2D eigenvalue weighted by Crippen LogP contribution is 2.25. The zero-order chi connectivity index (χ0) is 13.8. The molecule has 0 saturated heterocycles. The Labute approximate surface area is 122 Å². The minimum absolute atomic E-state index is 0. The Balaban J connectivity index is 0.00000200. The standard InChI is InChI=1S/C12H13N5O2.ClH/c1-7(18)15-11-5-9(13)8(6-14-11)10-3-4-12(19-2)17-16-10;/h3-6H,1-2H3,(H3,13,14,15,18);1H. The largest absolute Gasteiger partial charge is 0.480 e. The Morgan fingerprint density at radius 3 is 2.60 bits per heavy atom. The van der Waals surface area contributed by atoms with Crippen molar-refractivity contribution in [3.05, 3.63) is 24.4 Å². The van der Waals surface area contributed by atoms with Crippen LogP contribution in [0.5, 0.6) is 5.88 Å². The molecule has 0 atom stereocenters. The van der Waals surface area contributed by atoms with E-state index in [4.69, 9.17) is 10.5 Å². The van der Waals surface area contributed by atoms with E-state index in [9.17, 15) is 4.79 Å². The SMILES string of the molecule is COc1ccc(-c2cnc(NC(C)=O)cc2N)nn1.Cl. The van der Waals surface area contributed by atoms with Crippen LogP contribution in [0.25, 0.3) is 11.3 Å². The predicted molar refractivity (Wildman–Crippen MR) is 77.8 cm³/mol. The zero-order valence-electron chi connectivity index (χ0n) is 11.0. The Kier molecular flexibility index (Phi) is 5.22. The average Bonchev–Trinajstić information content (AvgIpc) is 2.38. The van der Waals surface area contributed by atoms with Gasteiger partial charge in [-0.25, -0.2) is 4.98 Å². The highest BCUT2D eigenvalue weighted by molar-refractivity contribution is 5.89. The van der Waals surface area contributed by atoms with Gasteiger partial charge in [-0.2, -0.15) is 0 Å². The topological polar surface area (TPSA) is 103 Å². The number of nitrogens with two attached hydrogens (primary N) is 1. The van der Waals surface area contributed by atoms with E-state index in [0.717, 1.165) is 0 Å². The molecule has 8 heteroatoms. The molecular weight excluding hydrogens is 282 g/mol. The van der Waals surface area contributed by atoms with Crippen molar-refractivity contribution in [1.29, 1.82) is 0 Å². The summed E-state index contributed by atoms with van der Waals surface area (Å²) in [7, 11) is 1.52. The fraction of sp³-hybridized carbons (Fsp3) is 0.167. The number of nitrogens with zero attached hydrogens (tertiary/aromatic N) is 3. The quantitative estimate of drug-likeness (QED) is 0.889. The van der Waals surface area contributed by atoms with Gasteiger partial charge < -0.3 is 15.8 Å². The average molecular weight is 296 g/mol. The summed E-state index contributed by atoms with van der Waals surface area (Å²) in [5, 5.41) is 10.4. The van der Waals surface area contributed by atoms with Crippen molar-refractivity contribution in [3.63, 3.8) is 0 Å². The van der Waals surface area contributed by atoms with E-state index in [-0.39, 0.29) is 18.3 Å². The Morgan fingerprint density at radius 2 is 2.10 bits per heavy atom. The maximum Gasteiger partial charge on any atom is 0.233 e. The van der Waals surface area contributed by atoms with Gasteiger partial charge in [-0.15, -0.1) is 22.6 Å². The van der Waals surface area contributed by atoms with Gasteiger partial charge in [0.05, 0.1) is 12.8 Å². The van der Waals surface area contributed by atoms with Crippen molar-refractivity contribution in [2.24, 2.45) is 0 Å². The number of nitrogen functional groups attached to an aromatic ring is 1. The van der Waals surface area contributed by atoms with Crippen LogP contribution in [-0.4, -0.2) is 28.2 Å². The summed E-state index contributed by atoms with van der Waals surface area (Å²) in [6.45, 7) is 1.40. The van der Waals surface area contributed by atoms with Crippen molar-refractivity contribution in [3.8, 4) is 17.1 Å². The molecule has 0 aliphatic heterocycles. The molecule has 0 radical (unpaired) electrons. The van der Waals surface area contributed by atoms with Crippen LogP contribution in [-0.2, 0) is 4.79 Å². The number of aromatic nitrogens is 3. The molecule has 0 saturated carbocycles. The maximum atomic E-state index is 10.9. The van der Waals surface area contributed by atoms with Crippen LogP contribution in [0.15, 0.2) is 24.4 Å². The summed E-state index contributed by atoms with van der Waals surface area (Å²) >= 11 is 0. The van der Waals surface area contributed by atoms with E-state index in [0.29, 0.717) is 28.6 Å². The van der Waals surface area contributed by atoms with Crippen LogP contribution in [0.1, 0.15) is 6.92 Å². The normalized spacial score (nSPS) is 9.50. The molecule has 0 fully saturated rings. The van der Waals surface area contributed by atoms with Crippen LogP contribution >= 0.6 is 12.4 Å². The van der Waals surface area contributed by atoms with Gasteiger partial charge in [-0.1, -0.05) is 0 Å². The molecule has 106 valence electrons. The Bertz CT molecular complexity index is 603. The highest BCUT2D eigenvalue weighted by atomic mass is 35.5. The molecule has 2 aromatic heterocycles. The van der Waals surface area contributed by atoms with Gasteiger partial charge in [0, 0.05) is 36.5 Å². The van der Waals surface area contributed by atoms with E-state index < -0.39 is 0 Å². The van der Waals surface area contributed by atoms with Crippen LogP contribution in [0, 0.1) is 0 Å². The van der Waals surface area contributed by atoms with E-state index >= 15 is 0 Å². The zero-order valence-corrected chi connectivity index (χ0v) is 11.8. The lowest BCUT2D eigenvalue weighted by molar-refractivity contribution is -0.114. The van der Waals surface area contributed by atoms with Gasteiger partial charge in [0.25, 0.3) is 0 Å². The molecule has 20 heavy (non-hydrogen) atoms. The summed E-state index contributed by atoms with van der Waals surface area (Å²) in [6, 6.07) is 4.99. The third kappa shape index (κ3) is 3.55. The molecule has 7 nitrogen and oxygen atoms in total. The third-order valence-electron chi connectivity index (χ3n) is 2.37. The minimum Gasteiger partial charge on any atom is -0.480 e. The third-order valence-corrected chi connectivity index (χ3v) is 2.37. The molecule has 3 N–H and O–H groups in total. The number of carbonyl (C=O) groups excluding carboxylic acids is 1. The van der Waals surface area contributed by atoms with Crippen molar-refractivity contribution in [2.45, 2.75) is 6.92 Å². The lowest BCUT2D eigenvalue weighted by Gasteiger charge is -2.07. The summed E-state index contributed by atoms with van der Waals surface area (Å²) < 4.78 is 4.93.